The number of aromatic carboxylic acids is 1. The number of hydrogen-bond acceptors (Lipinski definition) is 3. The van der Waals surface area contributed by atoms with Gasteiger partial charge in [0.25, 0.3) is 0 Å². The third-order valence-electron chi connectivity index (χ3n) is 1.62. The molecule has 0 heterocycles. The average Bonchev–Trinajstić information content (AvgIpc) is 2.15. The maximum Gasteiger partial charge on any atom is 0.337 e. The standard InChI is InChI=1S/C9H7IO4/c1-14-9(13)5-2-3-6(8(11)12)7(10)4-5/h2-4H,1H3,(H,11,12). The van der Waals surface area contributed by atoms with Gasteiger partial charge in [-0.1, -0.05) is 0 Å². The van der Waals surface area contributed by atoms with Crippen LogP contribution in [-0.4, -0.2) is 24.2 Å². The van der Waals surface area contributed by atoms with E-state index in [1.165, 1.54) is 25.3 Å². The molecule has 0 amide bonds. The van der Waals surface area contributed by atoms with Crippen LogP contribution < -0.4 is 0 Å². The molecule has 0 bridgehead atoms. The van der Waals surface area contributed by atoms with Crippen molar-refractivity contribution in [3.8, 4) is 0 Å². The van der Waals surface area contributed by atoms with E-state index in [4.69, 9.17) is 5.11 Å². The summed E-state index contributed by atoms with van der Waals surface area (Å²) in [5.74, 6) is -1.48. The van der Waals surface area contributed by atoms with Gasteiger partial charge in [-0.25, -0.2) is 9.59 Å². The number of carboxylic acids is 1. The monoisotopic (exact) mass is 306 g/mol. The lowest BCUT2D eigenvalue weighted by atomic mass is 10.1. The Labute approximate surface area is 94.0 Å². The summed E-state index contributed by atoms with van der Waals surface area (Å²) in [7, 11) is 1.28. The molecule has 1 N–H and O–H groups in total. The Kier molecular flexibility index (Phi) is 3.45. The maximum atomic E-state index is 11.1. The second kappa shape index (κ2) is 4.41. The third-order valence-corrected chi connectivity index (χ3v) is 2.51. The lowest BCUT2D eigenvalue weighted by Crippen LogP contribution is -2.05. The van der Waals surface area contributed by atoms with Gasteiger partial charge < -0.3 is 9.84 Å². The van der Waals surface area contributed by atoms with Crippen molar-refractivity contribution in [2.45, 2.75) is 0 Å². The summed E-state index contributed by atoms with van der Waals surface area (Å²) in [5, 5.41) is 8.73. The van der Waals surface area contributed by atoms with Gasteiger partial charge in [0.05, 0.1) is 18.2 Å². The smallest absolute Gasteiger partial charge is 0.337 e. The number of ether oxygens (including phenoxy) is 1. The zero-order chi connectivity index (χ0) is 10.7. The molecular formula is C9H7IO4. The third kappa shape index (κ3) is 2.22. The van der Waals surface area contributed by atoms with Crippen molar-refractivity contribution in [3.63, 3.8) is 0 Å². The Morgan fingerprint density at radius 1 is 1.43 bits per heavy atom. The molecule has 0 aliphatic carbocycles. The van der Waals surface area contributed by atoms with Gasteiger partial charge in [-0.3, -0.25) is 0 Å². The second-order valence-electron chi connectivity index (χ2n) is 2.49. The van der Waals surface area contributed by atoms with Crippen LogP contribution >= 0.6 is 22.6 Å². The fraction of sp³-hybridized carbons (Fsp3) is 0.111. The summed E-state index contributed by atoms with van der Waals surface area (Å²) in [6.07, 6.45) is 0. The zero-order valence-electron chi connectivity index (χ0n) is 7.28. The van der Waals surface area contributed by atoms with Gasteiger partial charge in [-0.15, -0.1) is 0 Å². The van der Waals surface area contributed by atoms with Crippen LogP contribution in [0.5, 0.6) is 0 Å². The molecule has 0 unspecified atom stereocenters. The molecule has 0 saturated heterocycles. The van der Waals surface area contributed by atoms with E-state index in [1.807, 2.05) is 22.6 Å². The quantitative estimate of drug-likeness (QED) is 0.668. The molecule has 5 heteroatoms. The highest BCUT2D eigenvalue weighted by Crippen LogP contribution is 2.15. The van der Waals surface area contributed by atoms with Crippen molar-refractivity contribution in [2.75, 3.05) is 7.11 Å². The average molecular weight is 306 g/mol. The Morgan fingerprint density at radius 3 is 2.50 bits per heavy atom. The van der Waals surface area contributed by atoms with Gasteiger partial charge in [0.15, 0.2) is 0 Å². The molecular weight excluding hydrogens is 299 g/mol. The highest BCUT2D eigenvalue weighted by Gasteiger charge is 2.11. The number of carboxylic acid groups (broad SMARTS) is 1. The molecule has 0 spiro atoms. The van der Waals surface area contributed by atoms with Crippen LogP contribution in [0.2, 0.25) is 0 Å². The first kappa shape index (κ1) is 11.0. The van der Waals surface area contributed by atoms with Crippen LogP contribution in [0.25, 0.3) is 0 Å². The lowest BCUT2D eigenvalue weighted by molar-refractivity contribution is 0.0598. The first-order chi connectivity index (χ1) is 6.56. The molecule has 0 atom stereocenters. The van der Waals surface area contributed by atoms with Crippen molar-refractivity contribution in [1.82, 2.24) is 0 Å². The number of methoxy groups -OCH3 is 1. The Balaban J connectivity index is 3.12. The van der Waals surface area contributed by atoms with Crippen molar-refractivity contribution in [3.05, 3.63) is 32.9 Å². The van der Waals surface area contributed by atoms with Crippen LogP contribution in [-0.2, 0) is 4.74 Å². The normalized spacial score (nSPS) is 9.57. The predicted octanol–water partition coefficient (Wildman–Crippen LogP) is 1.78. The minimum atomic E-state index is -1.01. The van der Waals surface area contributed by atoms with E-state index in [0.717, 1.165) is 0 Å². The summed E-state index contributed by atoms with van der Waals surface area (Å²) >= 11 is 1.86. The zero-order valence-corrected chi connectivity index (χ0v) is 9.44. The van der Waals surface area contributed by atoms with E-state index in [2.05, 4.69) is 4.74 Å². The first-order valence-electron chi connectivity index (χ1n) is 3.67. The molecule has 1 rings (SSSR count). The van der Waals surface area contributed by atoms with Crippen LogP contribution in [0.3, 0.4) is 0 Å². The lowest BCUT2D eigenvalue weighted by Gasteiger charge is -2.02. The molecule has 4 nitrogen and oxygen atoms in total. The second-order valence-corrected chi connectivity index (χ2v) is 3.65. The highest BCUT2D eigenvalue weighted by atomic mass is 127. The first-order valence-corrected chi connectivity index (χ1v) is 4.75. The number of carbonyl (C=O) groups is 2. The van der Waals surface area contributed by atoms with Crippen molar-refractivity contribution in [2.24, 2.45) is 0 Å². The van der Waals surface area contributed by atoms with Crippen LogP contribution in [0.1, 0.15) is 20.7 Å². The highest BCUT2D eigenvalue weighted by molar-refractivity contribution is 14.1. The number of esters is 1. The van der Waals surface area contributed by atoms with Crippen LogP contribution in [0, 0.1) is 3.57 Å². The molecule has 1 aromatic rings. The summed E-state index contributed by atoms with van der Waals surface area (Å²) in [4.78, 5) is 21.7. The van der Waals surface area contributed by atoms with Gasteiger partial charge >= 0.3 is 11.9 Å². The summed E-state index contributed by atoms with van der Waals surface area (Å²) in [6, 6.07) is 4.30. The largest absolute Gasteiger partial charge is 0.478 e. The fourth-order valence-corrected chi connectivity index (χ4v) is 1.68. The molecule has 0 aliphatic heterocycles. The van der Waals surface area contributed by atoms with Crippen LogP contribution in [0.4, 0.5) is 0 Å². The number of hydrogen-bond donors (Lipinski definition) is 1. The van der Waals surface area contributed by atoms with E-state index in [1.54, 1.807) is 0 Å². The minimum absolute atomic E-state index is 0.179. The topological polar surface area (TPSA) is 63.6 Å². The fourth-order valence-electron chi connectivity index (χ4n) is 0.933. The van der Waals surface area contributed by atoms with E-state index in [0.29, 0.717) is 9.13 Å². The van der Waals surface area contributed by atoms with Crippen molar-refractivity contribution in [1.29, 1.82) is 0 Å². The molecule has 1 aromatic carbocycles. The summed E-state index contributed by atoms with van der Waals surface area (Å²) in [5.41, 5.74) is 0.528. The van der Waals surface area contributed by atoms with Gasteiger partial charge in [0.1, 0.15) is 0 Å². The van der Waals surface area contributed by atoms with Crippen molar-refractivity contribution < 1.29 is 19.4 Å². The number of carbonyl (C=O) groups excluding carboxylic acids is 1. The number of halogens is 1. The number of benzene rings is 1. The SMILES string of the molecule is COC(=O)c1ccc(C(=O)O)c(I)c1. The summed E-state index contributed by atoms with van der Waals surface area (Å²) in [6.45, 7) is 0. The predicted molar refractivity (Wildman–Crippen MR) is 57.5 cm³/mol. The van der Waals surface area contributed by atoms with Gasteiger partial charge in [0, 0.05) is 3.57 Å². The molecule has 14 heavy (non-hydrogen) atoms. The molecule has 0 saturated carbocycles. The van der Waals surface area contributed by atoms with Crippen LogP contribution in [0.15, 0.2) is 18.2 Å². The maximum absolute atomic E-state index is 11.1. The molecule has 74 valence electrons. The Hall–Kier alpha value is -1.11. The minimum Gasteiger partial charge on any atom is -0.478 e. The van der Waals surface area contributed by atoms with E-state index in [-0.39, 0.29) is 5.56 Å². The van der Waals surface area contributed by atoms with E-state index < -0.39 is 11.9 Å². The van der Waals surface area contributed by atoms with E-state index in [9.17, 15) is 9.59 Å². The summed E-state index contributed by atoms with van der Waals surface area (Å²) < 4.78 is 5.01. The van der Waals surface area contributed by atoms with Crippen molar-refractivity contribution >= 4 is 34.5 Å². The van der Waals surface area contributed by atoms with Gasteiger partial charge in [0.2, 0.25) is 0 Å². The molecule has 0 radical (unpaired) electrons. The molecule has 0 aromatic heterocycles. The van der Waals surface area contributed by atoms with Gasteiger partial charge in [-0.2, -0.15) is 0 Å². The van der Waals surface area contributed by atoms with Gasteiger partial charge in [-0.05, 0) is 40.8 Å². The molecule has 0 fully saturated rings. The Bertz CT molecular complexity index is 386. The number of rotatable bonds is 2. The van der Waals surface area contributed by atoms with E-state index >= 15 is 0 Å². The Morgan fingerprint density at radius 2 is 2.07 bits per heavy atom. The molecule has 0 aliphatic rings.